The number of rotatable bonds is 5. The van der Waals surface area contributed by atoms with Crippen LogP contribution in [-0.2, 0) is 19.1 Å². The van der Waals surface area contributed by atoms with E-state index in [9.17, 15) is 19.7 Å². The van der Waals surface area contributed by atoms with Crippen molar-refractivity contribution >= 4 is 11.9 Å². The first-order valence-electron chi connectivity index (χ1n) is 5.64. The first-order valence-corrected chi connectivity index (χ1v) is 5.64. The van der Waals surface area contributed by atoms with Crippen molar-refractivity contribution in [2.75, 3.05) is 14.2 Å². The first kappa shape index (κ1) is 14.4. The number of esters is 2. The number of carbonyl (C=O) groups is 2. The van der Waals surface area contributed by atoms with Crippen molar-refractivity contribution in [1.29, 1.82) is 0 Å². The molecule has 2 atom stereocenters. The molecule has 1 aliphatic carbocycles. The summed E-state index contributed by atoms with van der Waals surface area (Å²) in [6, 6.07) is -1.25. The summed E-state index contributed by atoms with van der Waals surface area (Å²) in [6.07, 6.45) is 0.399. The molecule has 18 heavy (non-hydrogen) atoms. The Kier molecular flexibility index (Phi) is 3.93. The van der Waals surface area contributed by atoms with E-state index in [0.29, 0.717) is 6.42 Å². The Labute approximate surface area is 105 Å². The van der Waals surface area contributed by atoms with Gasteiger partial charge in [-0.2, -0.15) is 0 Å². The van der Waals surface area contributed by atoms with Gasteiger partial charge in [0, 0.05) is 4.92 Å². The van der Waals surface area contributed by atoms with Crippen molar-refractivity contribution in [3.63, 3.8) is 0 Å². The highest BCUT2D eigenvalue weighted by Gasteiger charge is 2.84. The zero-order chi connectivity index (χ0) is 14.1. The van der Waals surface area contributed by atoms with Crippen LogP contribution in [0.15, 0.2) is 0 Å². The molecule has 1 fully saturated rings. The predicted octanol–water partition coefficient (Wildman–Crippen LogP) is 0.640. The fourth-order valence-corrected chi connectivity index (χ4v) is 2.54. The van der Waals surface area contributed by atoms with Crippen LogP contribution in [0.25, 0.3) is 0 Å². The fraction of sp³-hybridized carbons (Fsp3) is 0.818. The molecule has 0 spiro atoms. The average Bonchev–Trinajstić information content (AvgIpc) is 2.95. The van der Waals surface area contributed by atoms with Crippen LogP contribution in [0.4, 0.5) is 0 Å². The molecule has 1 rings (SSSR count). The van der Waals surface area contributed by atoms with Gasteiger partial charge in [0.05, 0.1) is 20.1 Å². The van der Waals surface area contributed by atoms with Crippen molar-refractivity contribution in [1.82, 2.24) is 0 Å². The van der Waals surface area contributed by atoms with Crippen LogP contribution in [0.1, 0.15) is 20.3 Å². The summed E-state index contributed by atoms with van der Waals surface area (Å²) in [5.74, 6) is -2.30. The Hall–Kier alpha value is -1.66. The highest BCUT2D eigenvalue weighted by atomic mass is 16.6. The molecule has 1 aliphatic rings. The zero-order valence-electron chi connectivity index (χ0n) is 10.8. The number of methoxy groups -OCH3 is 2. The molecule has 0 unspecified atom stereocenters. The Morgan fingerprint density at radius 2 is 1.72 bits per heavy atom. The third kappa shape index (κ3) is 1.93. The maximum absolute atomic E-state index is 11.8. The second-order valence-corrected chi connectivity index (χ2v) is 4.82. The molecule has 0 heterocycles. The van der Waals surface area contributed by atoms with Gasteiger partial charge in [-0.1, -0.05) is 13.8 Å². The van der Waals surface area contributed by atoms with Gasteiger partial charge in [-0.05, 0) is 12.3 Å². The largest absolute Gasteiger partial charge is 0.468 e. The molecule has 0 radical (unpaired) electrons. The SMILES string of the molecule is COC(=O)C1(C(=O)OC)[C@H](CC(C)C)[C@H]1[N+](=O)[O-]. The minimum Gasteiger partial charge on any atom is -0.468 e. The molecule has 7 nitrogen and oxygen atoms in total. The third-order valence-electron chi connectivity index (χ3n) is 3.32. The zero-order valence-corrected chi connectivity index (χ0v) is 10.8. The predicted molar refractivity (Wildman–Crippen MR) is 60.2 cm³/mol. The third-order valence-corrected chi connectivity index (χ3v) is 3.32. The average molecular weight is 259 g/mol. The van der Waals surface area contributed by atoms with E-state index in [2.05, 4.69) is 9.47 Å². The van der Waals surface area contributed by atoms with Crippen molar-refractivity contribution < 1.29 is 24.0 Å². The number of carbonyl (C=O) groups excluding carboxylic acids is 2. The molecule has 0 saturated heterocycles. The van der Waals surface area contributed by atoms with E-state index in [4.69, 9.17) is 0 Å². The second kappa shape index (κ2) is 4.91. The molecule has 1 saturated carbocycles. The minimum absolute atomic E-state index is 0.133. The Balaban J connectivity index is 3.13. The highest BCUT2D eigenvalue weighted by molar-refractivity contribution is 6.05. The fourth-order valence-electron chi connectivity index (χ4n) is 2.54. The number of hydrogen-bond acceptors (Lipinski definition) is 6. The molecule has 7 heteroatoms. The minimum atomic E-state index is -1.77. The van der Waals surface area contributed by atoms with Gasteiger partial charge in [0.2, 0.25) is 11.5 Å². The number of nitro groups is 1. The van der Waals surface area contributed by atoms with Crippen molar-refractivity contribution in [3.8, 4) is 0 Å². The Morgan fingerprint density at radius 3 is 2.00 bits per heavy atom. The lowest BCUT2D eigenvalue weighted by Gasteiger charge is -2.11. The lowest BCUT2D eigenvalue weighted by atomic mass is 9.98. The van der Waals surface area contributed by atoms with Crippen LogP contribution in [0.5, 0.6) is 0 Å². The van der Waals surface area contributed by atoms with Gasteiger partial charge in [0.25, 0.3) is 0 Å². The number of hydrogen-bond donors (Lipinski definition) is 0. The molecule has 0 N–H and O–H groups in total. The van der Waals surface area contributed by atoms with Crippen molar-refractivity contribution in [2.24, 2.45) is 17.3 Å². The van der Waals surface area contributed by atoms with Crippen LogP contribution >= 0.6 is 0 Å². The van der Waals surface area contributed by atoms with Gasteiger partial charge in [-0.25, -0.2) is 0 Å². The molecule has 0 aromatic carbocycles. The number of ether oxygens (including phenoxy) is 2. The monoisotopic (exact) mass is 259 g/mol. The molecular weight excluding hydrogens is 242 g/mol. The lowest BCUT2D eigenvalue weighted by molar-refractivity contribution is -0.503. The van der Waals surface area contributed by atoms with E-state index in [1.165, 1.54) is 0 Å². The van der Waals surface area contributed by atoms with E-state index in [0.717, 1.165) is 14.2 Å². The summed E-state index contributed by atoms with van der Waals surface area (Å²) in [4.78, 5) is 34.0. The smallest absolute Gasteiger partial charge is 0.331 e. The first-order chi connectivity index (χ1) is 8.33. The molecule has 0 aromatic rings. The normalized spacial score (nSPS) is 24.5. The van der Waals surface area contributed by atoms with Crippen molar-refractivity contribution in [2.45, 2.75) is 26.3 Å². The molecule has 102 valence electrons. The van der Waals surface area contributed by atoms with E-state index in [1.807, 2.05) is 13.8 Å². The van der Waals surface area contributed by atoms with Crippen LogP contribution in [0.2, 0.25) is 0 Å². The Morgan fingerprint density at radius 1 is 1.28 bits per heavy atom. The number of nitrogens with zero attached hydrogens (tertiary/aromatic N) is 1. The second-order valence-electron chi connectivity index (χ2n) is 4.82. The highest BCUT2D eigenvalue weighted by Crippen LogP contribution is 2.58. The molecule has 0 amide bonds. The summed E-state index contributed by atoms with van der Waals surface area (Å²) >= 11 is 0. The Bertz CT molecular complexity index is 362. The lowest BCUT2D eigenvalue weighted by Crippen LogP contribution is -2.34. The van der Waals surface area contributed by atoms with Crippen LogP contribution in [-0.4, -0.2) is 37.1 Å². The summed E-state index contributed by atoms with van der Waals surface area (Å²) in [6.45, 7) is 3.74. The van der Waals surface area contributed by atoms with Crippen LogP contribution < -0.4 is 0 Å². The van der Waals surface area contributed by atoms with Crippen molar-refractivity contribution in [3.05, 3.63) is 10.1 Å². The maximum Gasteiger partial charge on any atom is 0.331 e. The standard InChI is InChI=1S/C11H17NO6/c1-6(2)5-7-8(12(15)16)11(7,9(13)17-3)10(14)18-4/h6-8H,5H2,1-4H3/t7-,8-/m1/s1. The summed E-state index contributed by atoms with van der Waals surface area (Å²) < 4.78 is 9.10. The van der Waals surface area contributed by atoms with E-state index >= 15 is 0 Å². The van der Waals surface area contributed by atoms with Crippen LogP contribution in [0, 0.1) is 27.4 Å². The van der Waals surface area contributed by atoms with Gasteiger partial charge in [-0.3, -0.25) is 19.7 Å². The van der Waals surface area contributed by atoms with E-state index < -0.39 is 34.2 Å². The maximum atomic E-state index is 11.8. The molecule has 0 bridgehead atoms. The van der Waals surface area contributed by atoms with Gasteiger partial charge < -0.3 is 9.47 Å². The quantitative estimate of drug-likeness (QED) is 0.311. The van der Waals surface area contributed by atoms with E-state index in [-0.39, 0.29) is 5.92 Å². The summed E-state index contributed by atoms with van der Waals surface area (Å²) in [5, 5.41) is 11.0. The van der Waals surface area contributed by atoms with Gasteiger partial charge in [0.1, 0.15) is 0 Å². The summed E-state index contributed by atoms with van der Waals surface area (Å²) in [5.41, 5.74) is -1.77. The molecule has 0 aromatic heterocycles. The molecule has 0 aliphatic heterocycles. The summed E-state index contributed by atoms with van der Waals surface area (Å²) in [7, 11) is 2.21. The van der Waals surface area contributed by atoms with Gasteiger partial charge in [-0.15, -0.1) is 0 Å². The van der Waals surface area contributed by atoms with Gasteiger partial charge >= 0.3 is 11.9 Å². The van der Waals surface area contributed by atoms with Crippen LogP contribution in [0.3, 0.4) is 0 Å². The van der Waals surface area contributed by atoms with Gasteiger partial charge in [0.15, 0.2) is 0 Å². The topological polar surface area (TPSA) is 95.7 Å². The molecular formula is C11H17NO6. The van der Waals surface area contributed by atoms with E-state index in [1.54, 1.807) is 0 Å².